The molecule has 3 unspecified atom stereocenters. The van der Waals surface area contributed by atoms with E-state index in [1.54, 1.807) is 6.20 Å². The van der Waals surface area contributed by atoms with Gasteiger partial charge >= 0.3 is 0 Å². The molecule has 2 aliphatic heterocycles. The topological polar surface area (TPSA) is 69.2 Å². The summed E-state index contributed by atoms with van der Waals surface area (Å²) < 4.78 is 0. The number of hydrogen-bond acceptors (Lipinski definition) is 3. The Morgan fingerprint density at radius 3 is 2.78 bits per heavy atom. The first-order chi connectivity index (χ1) is 12.4. The van der Waals surface area contributed by atoms with E-state index in [1.165, 1.54) is 0 Å². The molecule has 0 spiro atoms. The van der Waals surface area contributed by atoms with Gasteiger partial charge < -0.3 is 15.0 Å². The average Bonchev–Trinajstić information content (AvgIpc) is 2.95. The molecule has 27 heavy (non-hydrogen) atoms. The highest BCUT2D eigenvalue weighted by Gasteiger charge is 2.54. The van der Waals surface area contributed by atoms with Crippen molar-refractivity contribution in [3.63, 3.8) is 0 Å². The van der Waals surface area contributed by atoms with Gasteiger partial charge in [0.15, 0.2) is 0 Å². The number of aromatic amines is 1. The second-order valence-electron chi connectivity index (χ2n) is 8.68. The summed E-state index contributed by atoms with van der Waals surface area (Å²) in [5.74, 6) is 0.914. The van der Waals surface area contributed by atoms with E-state index in [4.69, 9.17) is 11.6 Å². The van der Waals surface area contributed by atoms with Crippen LogP contribution in [-0.4, -0.2) is 43.6 Å². The predicted molar refractivity (Wildman–Crippen MR) is 107 cm³/mol. The zero-order valence-electron chi connectivity index (χ0n) is 14.9. The molecule has 146 valence electrons. The summed E-state index contributed by atoms with van der Waals surface area (Å²) in [6.07, 6.45) is 8.62. The van der Waals surface area contributed by atoms with Crippen LogP contribution in [0.1, 0.15) is 64.4 Å². The highest BCUT2D eigenvalue weighted by molar-refractivity contribution is 6.31. The van der Waals surface area contributed by atoms with Gasteiger partial charge in [-0.1, -0.05) is 26.0 Å². The molecule has 3 atom stereocenters. The normalized spacial score (nSPS) is 32.6. The summed E-state index contributed by atoms with van der Waals surface area (Å²) in [4.78, 5) is 22.7. The summed E-state index contributed by atoms with van der Waals surface area (Å²) in [6.45, 7) is 2.09. The number of halogens is 1. The van der Waals surface area contributed by atoms with E-state index < -0.39 is 5.60 Å². The number of amides is 1. The molecule has 6 heteroatoms. The lowest BCUT2D eigenvalue weighted by Crippen LogP contribution is -2.65. The van der Waals surface area contributed by atoms with Crippen LogP contribution in [0.2, 0.25) is 5.02 Å². The Morgan fingerprint density at radius 1 is 1.41 bits per heavy atom. The molecule has 2 aliphatic carbocycles. The molecule has 0 aromatic carbocycles. The zero-order chi connectivity index (χ0) is 18.1. The number of carbonyl (C=O) groups excluding carboxylic acids is 1. The van der Waals surface area contributed by atoms with Gasteiger partial charge in [0.1, 0.15) is 5.65 Å². The standard InChI is InChI=1S/C20H24ClN3O2.CH4/c1-11(17-10-23-19-16(17)5-13(21)9-22-19)2-18(25)24-14-3-12-4-15(24)8-20(26,6-12)7-14;/h5,9-12,14-15,26H,2-4,6-8H2,1H3,(H,22,23);1H4. The fraction of sp³-hybridized carbons (Fsp3) is 0.619. The van der Waals surface area contributed by atoms with Crippen LogP contribution in [0.25, 0.3) is 11.0 Å². The lowest BCUT2D eigenvalue weighted by Gasteiger charge is -2.59. The maximum atomic E-state index is 13.1. The molecular weight excluding hydrogens is 362 g/mol. The van der Waals surface area contributed by atoms with Crippen molar-refractivity contribution in [3.8, 4) is 0 Å². The minimum Gasteiger partial charge on any atom is -0.390 e. The number of nitrogens with zero attached hydrogens (tertiary/aromatic N) is 2. The number of H-pyrrole nitrogens is 1. The molecule has 5 nitrogen and oxygen atoms in total. The molecule has 2 N–H and O–H groups in total. The first-order valence-corrected chi connectivity index (χ1v) is 9.96. The highest BCUT2D eigenvalue weighted by atomic mass is 35.5. The fourth-order valence-electron chi connectivity index (χ4n) is 5.88. The average molecular weight is 390 g/mol. The number of piperidine rings is 2. The van der Waals surface area contributed by atoms with Crippen LogP contribution in [0.4, 0.5) is 0 Å². The second-order valence-corrected chi connectivity index (χ2v) is 9.12. The van der Waals surface area contributed by atoms with Crippen molar-refractivity contribution in [2.45, 2.75) is 76.5 Å². The number of rotatable bonds is 3. The Hall–Kier alpha value is -1.59. The number of aromatic nitrogens is 2. The third-order valence-electron chi connectivity index (χ3n) is 6.73. The number of pyridine rings is 1. The molecule has 1 amide bonds. The van der Waals surface area contributed by atoms with Gasteiger partial charge in [0.2, 0.25) is 5.91 Å². The van der Waals surface area contributed by atoms with Crippen molar-refractivity contribution in [1.29, 1.82) is 0 Å². The van der Waals surface area contributed by atoms with Crippen LogP contribution in [-0.2, 0) is 4.79 Å². The van der Waals surface area contributed by atoms with Gasteiger partial charge in [0, 0.05) is 36.3 Å². The van der Waals surface area contributed by atoms with Crippen LogP contribution in [0, 0.1) is 5.92 Å². The third kappa shape index (κ3) is 3.05. The number of aliphatic hydroxyl groups is 1. The van der Waals surface area contributed by atoms with Gasteiger partial charge in [0.05, 0.1) is 10.6 Å². The molecule has 4 fully saturated rings. The number of hydrogen-bond donors (Lipinski definition) is 2. The molecule has 2 saturated heterocycles. The van der Waals surface area contributed by atoms with Gasteiger partial charge in [-0.05, 0) is 55.6 Å². The van der Waals surface area contributed by atoms with Crippen LogP contribution in [0.15, 0.2) is 18.5 Å². The first kappa shape index (κ1) is 18.8. The Labute approximate surface area is 165 Å². The van der Waals surface area contributed by atoms with Gasteiger partial charge in [-0.25, -0.2) is 4.98 Å². The van der Waals surface area contributed by atoms with Crippen LogP contribution in [0.5, 0.6) is 0 Å². The maximum Gasteiger partial charge on any atom is 0.223 e. The minimum atomic E-state index is -0.516. The van der Waals surface area contributed by atoms with Gasteiger partial charge in [0.25, 0.3) is 0 Å². The van der Waals surface area contributed by atoms with Crippen molar-refractivity contribution >= 4 is 28.5 Å². The fourth-order valence-corrected chi connectivity index (χ4v) is 6.03. The number of fused-ring (bicyclic) bond motifs is 1. The lowest BCUT2D eigenvalue weighted by molar-refractivity contribution is -0.174. The molecule has 2 saturated carbocycles. The van der Waals surface area contributed by atoms with E-state index >= 15 is 0 Å². The molecule has 4 heterocycles. The summed E-state index contributed by atoms with van der Waals surface area (Å²) in [7, 11) is 0. The molecule has 4 aliphatic rings. The minimum absolute atomic E-state index is 0. The largest absolute Gasteiger partial charge is 0.390 e. The highest BCUT2D eigenvalue weighted by Crippen LogP contribution is 2.51. The van der Waals surface area contributed by atoms with E-state index in [1.807, 2.05) is 12.3 Å². The number of nitrogens with one attached hydrogen (secondary N) is 1. The van der Waals surface area contributed by atoms with E-state index in [0.717, 1.165) is 48.7 Å². The Kier molecular flexibility index (Phi) is 4.51. The lowest BCUT2D eigenvalue weighted by atomic mass is 9.61. The van der Waals surface area contributed by atoms with E-state index in [0.29, 0.717) is 17.4 Å². The first-order valence-electron chi connectivity index (χ1n) is 9.58. The van der Waals surface area contributed by atoms with E-state index in [9.17, 15) is 9.90 Å². The predicted octanol–water partition coefficient (Wildman–Crippen LogP) is 4.25. The molecule has 4 bridgehead atoms. The number of carbonyl (C=O) groups is 1. The Morgan fingerprint density at radius 2 is 2.11 bits per heavy atom. The monoisotopic (exact) mass is 389 g/mol. The smallest absolute Gasteiger partial charge is 0.223 e. The van der Waals surface area contributed by atoms with E-state index in [-0.39, 0.29) is 31.3 Å². The summed E-state index contributed by atoms with van der Waals surface area (Å²) in [6, 6.07) is 2.37. The molecule has 0 radical (unpaired) electrons. The van der Waals surface area contributed by atoms with Crippen LogP contribution in [0.3, 0.4) is 0 Å². The zero-order valence-corrected chi connectivity index (χ0v) is 15.7. The molecular formula is C21H28ClN3O2. The second kappa shape index (κ2) is 6.49. The molecule has 6 rings (SSSR count). The quantitative estimate of drug-likeness (QED) is 0.824. The van der Waals surface area contributed by atoms with Crippen molar-refractivity contribution in [3.05, 3.63) is 29.0 Å². The Bertz CT molecular complexity index is 863. The third-order valence-corrected chi connectivity index (χ3v) is 6.93. The van der Waals surface area contributed by atoms with Crippen LogP contribution >= 0.6 is 11.6 Å². The van der Waals surface area contributed by atoms with Gasteiger partial charge in [-0.2, -0.15) is 0 Å². The van der Waals surface area contributed by atoms with Crippen LogP contribution < -0.4 is 0 Å². The van der Waals surface area contributed by atoms with Crippen molar-refractivity contribution in [2.24, 2.45) is 5.92 Å². The SMILES string of the molecule is C.CC(CC(=O)N1C2CC3CC1CC(O)(C3)C2)c1c[nH]c2ncc(Cl)cc12. The van der Waals surface area contributed by atoms with E-state index in [2.05, 4.69) is 21.8 Å². The molecule has 2 aromatic rings. The van der Waals surface area contributed by atoms with Crippen molar-refractivity contribution < 1.29 is 9.90 Å². The summed E-state index contributed by atoms with van der Waals surface area (Å²) in [5.41, 5.74) is 1.38. The van der Waals surface area contributed by atoms with Crippen molar-refractivity contribution in [2.75, 3.05) is 0 Å². The van der Waals surface area contributed by atoms with Gasteiger partial charge in [-0.3, -0.25) is 4.79 Å². The summed E-state index contributed by atoms with van der Waals surface area (Å²) in [5, 5.41) is 12.3. The Balaban J connectivity index is 0.00000180. The van der Waals surface area contributed by atoms with Crippen molar-refractivity contribution in [1.82, 2.24) is 14.9 Å². The van der Waals surface area contributed by atoms with Gasteiger partial charge in [-0.15, -0.1) is 0 Å². The molecule has 2 aromatic heterocycles. The maximum absolute atomic E-state index is 13.1. The summed E-state index contributed by atoms with van der Waals surface area (Å²) >= 11 is 6.10.